The molecule has 4 aromatic rings. The SMILES string of the molecule is F[B-](F)(F)F.O=S1(=O)CCCC([n+]2c(-c3ccccc3)cc(-c3ccccc3)cc2-c2ccccc2)C1. The number of sulfone groups is 1. The normalized spacial score (nSPS) is 16.9. The minimum absolute atomic E-state index is 0.0935. The van der Waals surface area contributed by atoms with Crippen molar-refractivity contribution in [1.82, 2.24) is 0 Å². The zero-order valence-electron chi connectivity index (χ0n) is 20.0. The van der Waals surface area contributed by atoms with Gasteiger partial charge in [-0.2, -0.15) is 4.57 Å². The lowest BCUT2D eigenvalue weighted by Crippen LogP contribution is -2.49. The van der Waals surface area contributed by atoms with Crippen LogP contribution in [0, 0.1) is 0 Å². The Morgan fingerprint density at radius 1 is 0.649 bits per heavy atom. The highest BCUT2D eigenvalue weighted by Crippen LogP contribution is 2.32. The number of halogens is 4. The number of hydrogen-bond acceptors (Lipinski definition) is 2. The summed E-state index contributed by atoms with van der Waals surface area (Å²) in [6.07, 6.45) is 1.55. The zero-order chi connectivity index (χ0) is 26.5. The minimum atomic E-state index is -6.00. The summed E-state index contributed by atoms with van der Waals surface area (Å²) in [5.74, 6) is 0.468. The van der Waals surface area contributed by atoms with E-state index >= 15 is 0 Å². The van der Waals surface area contributed by atoms with Crippen molar-refractivity contribution in [2.24, 2.45) is 0 Å². The summed E-state index contributed by atoms with van der Waals surface area (Å²) in [6, 6.07) is 35.3. The van der Waals surface area contributed by atoms with Crippen molar-refractivity contribution >= 4 is 17.1 Å². The van der Waals surface area contributed by atoms with E-state index < -0.39 is 17.1 Å². The lowest BCUT2D eigenvalue weighted by molar-refractivity contribution is -0.698. The maximum atomic E-state index is 12.6. The Morgan fingerprint density at radius 3 is 1.46 bits per heavy atom. The number of hydrogen-bond donors (Lipinski definition) is 0. The molecule has 37 heavy (non-hydrogen) atoms. The first-order chi connectivity index (χ1) is 17.6. The van der Waals surface area contributed by atoms with E-state index in [2.05, 4.69) is 65.2 Å². The van der Waals surface area contributed by atoms with Gasteiger partial charge < -0.3 is 17.3 Å². The van der Waals surface area contributed by atoms with E-state index in [0.29, 0.717) is 6.42 Å². The molecule has 1 fully saturated rings. The Balaban J connectivity index is 0.000000586. The summed E-state index contributed by atoms with van der Waals surface area (Å²) in [7, 11) is -9.06. The number of rotatable bonds is 4. The summed E-state index contributed by atoms with van der Waals surface area (Å²) in [5, 5.41) is 0. The van der Waals surface area contributed by atoms with Crippen LogP contribution in [-0.4, -0.2) is 27.2 Å². The second-order valence-electron chi connectivity index (χ2n) is 8.89. The Kier molecular flexibility index (Phi) is 8.12. The molecule has 192 valence electrons. The standard InChI is InChI=1S/C28H26NO2S.BF4/c30-32(31)18-10-17-26(21-32)29-27(23-13-6-2-7-14-23)19-25(22-11-4-1-5-12-22)20-28(29)24-15-8-3-9-16-24;2-1(3,4)5/h1-9,11-16,19-20,26H,10,17-18,21H2;/q+1;-1. The van der Waals surface area contributed by atoms with Gasteiger partial charge in [-0.1, -0.05) is 66.7 Å². The molecule has 0 saturated carbocycles. The van der Waals surface area contributed by atoms with Gasteiger partial charge in [0.1, 0.15) is 5.75 Å². The summed E-state index contributed by atoms with van der Waals surface area (Å²) in [5.41, 5.74) is 6.54. The van der Waals surface area contributed by atoms with Gasteiger partial charge in [0.2, 0.25) is 11.4 Å². The molecule has 0 radical (unpaired) electrons. The molecule has 3 nitrogen and oxygen atoms in total. The van der Waals surface area contributed by atoms with Crippen LogP contribution in [0.4, 0.5) is 17.3 Å². The first kappa shape index (κ1) is 26.6. The molecular formula is C28H26BF4NO2S. The maximum Gasteiger partial charge on any atom is 0.673 e. The Bertz CT molecular complexity index is 1370. The van der Waals surface area contributed by atoms with Crippen molar-refractivity contribution in [1.29, 1.82) is 0 Å². The van der Waals surface area contributed by atoms with Crippen LogP contribution in [0.1, 0.15) is 18.9 Å². The van der Waals surface area contributed by atoms with Crippen molar-refractivity contribution in [3.05, 3.63) is 103 Å². The molecule has 1 aliphatic rings. The second kappa shape index (κ2) is 11.3. The Morgan fingerprint density at radius 2 is 1.05 bits per heavy atom. The molecule has 3 aromatic carbocycles. The van der Waals surface area contributed by atoms with Crippen LogP contribution in [0.3, 0.4) is 0 Å². The van der Waals surface area contributed by atoms with E-state index in [-0.39, 0.29) is 17.5 Å². The molecule has 1 unspecified atom stereocenters. The van der Waals surface area contributed by atoms with E-state index in [4.69, 9.17) is 0 Å². The van der Waals surface area contributed by atoms with Crippen molar-refractivity contribution in [2.45, 2.75) is 18.9 Å². The van der Waals surface area contributed by atoms with Crippen molar-refractivity contribution < 1.29 is 30.2 Å². The van der Waals surface area contributed by atoms with Gasteiger partial charge >= 0.3 is 7.25 Å². The minimum Gasteiger partial charge on any atom is -0.418 e. The molecule has 0 bridgehead atoms. The van der Waals surface area contributed by atoms with Crippen molar-refractivity contribution in [3.63, 3.8) is 0 Å². The summed E-state index contributed by atoms with van der Waals surface area (Å²) < 4.78 is 66.5. The molecule has 0 amide bonds. The highest BCUT2D eigenvalue weighted by molar-refractivity contribution is 7.91. The zero-order valence-corrected chi connectivity index (χ0v) is 20.8. The molecule has 1 aliphatic heterocycles. The fourth-order valence-electron chi connectivity index (χ4n) is 4.66. The quantitative estimate of drug-likeness (QED) is 0.163. The van der Waals surface area contributed by atoms with E-state index in [1.165, 1.54) is 0 Å². The monoisotopic (exact) mass is 527 g/mol. The molecule has 0 spiro atoms. The third-order valence-electron chi connectivity index (χ3n) is 6.15. The first-order valence-corrected chi connectivity index (χ1v) is 13.8. The highest BCUT2D eigenvalue weighted by atomic mass is 32.2. The molecule has 5 rings (SSSR count). The topological polar surface area (TPSA) is 38.0 Å². The lowest BCUT2D eigenvalue weighted by atomic mass is 9.97. The van der Waals surface area contributed by atoms with E-state index in [9.17, 15) is 25.7 Å². The smallest absolute Gasteiger partial charge is 0.418 e. The molecule has 0 N–H and O–H groups in total. The third kappa shape index (κ3) is 7.29. The predicted molar refractivity (Wildman–Crippen MR) is 140 cm³/mol. The number of pyridine rings is 1. The van der Waals surface area contributed by atoms with Crippen LogP contribution >= 0.6 is 0 Å². The maximum absolute atomic E-state index is 12.6. The molecule has 1 atom stereocenters. The van der Waals surface area contributed by atoms with Gasteiger partial charge in [0.05, 0.1) is 5.75 Å². The van der Waals surface area contributed by atoms with Crippen molar-refractivity contribution in [3.8, 4) is 33.6 Å². The van der Waals surface area contributed by atoms with Gasteiger partial charge in [-0.25, -0.2) is 8.42 Å². The van der Waals surface area contributed by atoms with Gasteiger partial charge in [0, 0.05) is 29.7 Å². The molecule has 1 aromatic heterocycles. The largest absolute Gasteiger partial charge is 0.673 e. The Hall–Kier alpha value is -3.46. The summed E-state index contributed by atoms with van der Waals surface area (Å²) in [4.78, 5) is 0. The molecule has 0 aliphatic carbocycles. The van der Waals surface area contributed by atoms with Crippen LogP contribution in [0.2, 0.25) is 0 Å². The number of aromatic nitrogens is 1. The lowest BCUT2D eigenvalue weighted by Gasteiger charge is -2.23. The average Bonchev–Trinajstić information content (AvgIpc) is 2.88. The van der Waals surface area contributed by atoms with Gasteiger partial charge in [-0.3, -0.25) is 0 Å². The van der Waals surface area contributed by atoms with E-state index in [0.717, 1.165) is 40.1 Å². The van der Waals surface area contributed by atoms with E-state index in [1.54, 1.807) is 0 Å². The van der Waals surface area contributed by atoms with Crippen LogP contribution < -0.4 is 4.57 Å². The summed E-state index contributed by atoms with van der Waals surface area (Å²) >= 11 is 0. The molecule has 2 heterocycles. The second-order valence-corrected chi connectivity index (χ2v) is 11.1. The van der Waals surface area contributed by atoms with Crippen LogP contribution in [0.5, 0.6) is 0 Å². The fraction of sp³-hybridized carbons (Fsp3) is 0.179. The van der Waals surface area contributed by atoms with Crippen LogP contribution in [0.15, 0.2) is 103 Å². The molecule has 9 heteroatoms. The fourth-order valence-corrected chi connectivity index (χ4v) is 6.34. The van der Waals surface area contributed by atoms with Gasteiger partial charge in [0.25, 0.3) is 0 Å². The van der Waals surface area contributed by atoms with Crippen molar-refractivity contribution in [2.75, 3.05) is 11.5 Å². The van der Waals surface area contributed by atoms with Crippen LogP contribution in [0.25, 0.3) is 33.6 Å². The van der Waals surface area contributed by atoms with Crippen LogP contribution in [-0.2, 0) is 9.84 Å². The molecule has 1 saturated heterocycles. The number of benzene rings is 3. The Labute approximate surface area is 214 Å². The van der Waals surface area contributed by atoms with Gasteiger partial charge in [-0.15, -0.1) is 0 Å². The third-order valence-corrected chi connectivity index (χ3v) is 7.96. The highest BCUT2D eigenvalue weighted by Gasteiger charge is 2.36. The summed E-state index contributed by atoms with van der Waals surface area (Å²) in [6.45, 7) is 0. The predicted octanol–water partition coefficient (Wildman–Crippen LogP) is 7.02. The van der Waals surface area contributed by atoms with Gasteiger partial charge in [0.15, 0.2) is 15.9 Å². The molecular weight excluding hydrogens is 501 g/mol. The number of nitrogens with zero attached hydrogens (tertiary/aromatic N) is 1. The first-order valence-electron chi connectivity index (χ1n) is 11.9. The average molecular weight is 527 g/mol. The van der Waals surface area contributed by atoms with E-state index in [1.807, 2.05) is 42.5 Å². The van der Waals surface area contributed by atoms with Gasteiger partial charge in [-0.05, 0) is 41.8 Å².